The van der Waals surface area contributed by atoms with E-state index in [0.29, 0.717) is 11.3 Å². The zero-order chi connectivity index (χ0) is 16.8. The number of hydrogen-bond donors (Lipinski definition) is 1. The van der Waals surface area contributed by atoms with Crippen molar-refractivity contribution < 1.29 is 14.1 Å². The number of amides is 1. The van der Waals surface area contributed by atoms with Gasteiger partial charge in [-0.2, -0.15) is 0 Å². The molecule has 0 radical (unpaired) electrons. The molecule has 0 aliphatic carbocycles. The summed E-state index contributed by atoms with van der Waals surface area (Å²) in [5.74, 6) is 0.706. The molecule has 0 aliphatic rings. The van der Waals surface area contributed by atoms with Crippen LogP contribution in [0.2, 0.25) is 0 Å². The van der Waals surface area contributed by atoms with Crippen molar-refractivity contribution in [2.45, 2.75) is 46.1 Å². The summed E-state index contributed by atoms with van der Waals surface area (Å²) in [6.07, 6.45) is 0.362. The smallest absolute Gasteiger partial charge is 0.220 e. The Morgan fingerprint density at radius 2 is 1.87 bits per heavy atom. The monoisotopic (exact) mass is 314 g/mol. The summed E-state index contributed by atoms with van der Waals surface area (Å²) in [7, 11) is 0. The van der Waals surface area contributed by atoms with E-state index in [-0.39, 0.29) is 37.0 Å². The maximum absolute atomic E-state index is 12.0. The summed E-state index contributed by atoms with van der Waals surface area (Å²) in [5.41, 5.74) is 2.61. The van der Waals surface area contributed by atoms with Gasteiger partial charge in [-0.1, -0.05) is 48.8 Å². The van der Waals surface area contributed by atoms with Gasteiger partial charge >= 0.3 is 0 Å². The number of carbonyl (C=O) groups excluding carboxylic acids is 2. The Balaban J connectivity index is 1.76. The molecule has 2 rings (SSSR count). The first-order chi connectivity index (χ1) is 11.0. The van der Waals surface area contributed by atoms with Crippen molar-refractivity contribution in [3.8, 4) is 0 Å². The molecular weight excluding hydrogens is 292 g/mol. The number of Topliss-reactive ketones (excluding diaryl/α,β-unsaturated/α-hetero) is 1. The average Bonchev–Trinajstić information content (AvgIpc) is 3.00. The van der Waals surface area contributed by atoms with Gasteiger partial charge in [0.25, 0.3) is 0 Å². The van der Waals surface area contributed by atoms with E-state index in [1.165, 1.54) is 0 Å². The zero-order valence-electron chi connectivity index (χ0n) is 13.8. The van der Waals surface area contributed by atoms with E-state index in [4.69, 9.17) is 4.52 Å². The number of aromatic nitrogens is 1. The fraction of sp³-hybridized carbons (Fsp3) is 0.389. The quantitative estimate of drug-likeness (QED) is 0.795. The van der Waals surface area contributed by atoms with E-state index >= 15 is 0 Å². The molecule has 5 heteroatoms. The van der Waals surface area contributed by atoms with Crippen LogP contribution in [-0.4, -0.2) is 16.8 Å². The molecular formula is C18H22N2O3. The van der Waals surface area contributed by atoms with Gasteiger partial charge in [0.05, 0.1) is 12.2 Å². The Hall–Kier alpha value is -2.43. The molecule has 0 spiro atoms. The van der Waals surface area contributed by atoms with Gasteiger partial charge in [0.2, 0.25) is 5.91 Å². The van der Waals surface area contributed by atoms with Crippen LogP contribution in [0.3, 0.4) is 0 Å². The number of hydrogen-bond acceptors (Lipinski definition) is 4. The molecule has 1 heterocycles. The van der Waals surface area contributed by atoms with Gasteiger partial charge in [-0.05, 0) is 12.8 Å². The Labute approximate surface area is 136 Å². The van der Waals surface area contributed by atoms with Crippen molar-refractivity contribution >= 4 is 11.7 Å². The molecule has 0 aliphatic heterocycles. The third-order valence-electron chi connectivity index (χ3n) is 3.58. The Bertz CT molecular complexity index is 672. The third-order valence-corrected chi connectivity index (χ3v) is 3.58. The van der Waals surface area contributed by atoms with E-state index in [1.54, 1.807) is 12.1 Å². The van der Waals surface area contributed by atoms with E-state index < -0.39 is 0 Å². The predicted molar refractivity (Wildman–Crippen MR) is 87.2 cm³/mol. The zero-order valence-corrected chi connectivity index (χ0v) is 13.8. The van der Waals surface area contributed by atoms with Gasteiger partial charge in [0.1, 0.15) is 0 Å². The van der Waals surface area contributed by atoms with Crippen LogP contribution in [0.4, 0.5) is 0 Å². The van der Waals surface area contributed by atoms with Crippen molar-refractivity contribution in [1.29, 1.82) is 0 Å². The minimum Gasteiger partial charge on any atom is -0.359 e. The molecule has 0 unspecified atom stereocenters. The van der Waals surface area contributed by atoms with E-state index in [2.05, 4.69) is 10.5 Å². The van der Waals surface area contributed by atoms with Crippen LogP contribution in [0, 0.1) is 6.92 Å². The highest BCUT2D eigenvalue weighted by molar-refractivity contribution is 5.97. The largest absolute Gasteiger partial charge is 0.359 e. The van der Waals surface area contributed by atoms with E-state index in [9.17, 15) is 9.59 Å². The Morgan fingerprint density at radius 1 is 1.17 bits per heavy atom. The first-order valence-electron chi connectivity index (χ1n) is 7.77. The van der Waals surface area contributed by atoms with Crippen LogP contribution in [0.1, 0.15) is 60.0 Å². The summed E-state index contributed by atoms with van der Waals surface area (Å²) in [6.45, 7) is 6.31. The van der Waals surface area contributed by atoms with E-state index in [0.717, 1.165) is 11.3 Å². The molecule has 0 fully saturated rings. The van der Waals surface area contributed by atoms with Crippen molar-refractivity contribution in [1.82, 2.24) is 10.5 Å². The summed E-state index contributed by atoms with van der Waals surface area (Å²) >= 11 is 0. The van der Waals surface area contributed by atoms with Crippen LogP contribution >= 0.6 is 0 Å². The second-order valence-electron chi connectivity index (χ2n) is 5.94. The fourth-order valence-electron chi connectivity index (χ4n) is 2.07. The highest BCUT2D eigenvalue weighted by atomic mass is 16.5. The van der Waals surface area contributed by atoms with Crippen molar-refractivity contribution in [2.24, 2.45) is 0 Å². The normalized spacial score (nSPS) is 10.8. The van der Waals surface area contributed by atoms with Crippen LogP contribution < -0.4 is 5.32 Å². The van der Waals surface area contributed by atoms with Crippen LogP contribution in [0.5, 0.6) is 0 Å². The molecule has 0 atom stereocenters. The number of nitrogens with one attached hydrogen (secondary N) is 1. The van der Waals surface area contributed by atoms with Crippen LogP contribution in [0.25, 0.3) is 0 Å². The second-order valence-corrected chi connectivity index (χ2v) is 5.94. The first kappa shape index (κ1) is 16.9. The summed E-state index contributed by atoms with van der Waals surface area (Å²) in [4.78, 5) is 23.8. The number of nitrogens with zero attached hydrogens (tertiary/aromatic N) is 1. The second kappa shape index (κ2) is 7.72. The minimum atomic E-state index is -0.173. The molecule has 5 nitrogen and oxygen atoms in total. The van der Waals surface area contributed by atoms with Gasteiger partial charge in [0, 0.05) is 24.5 Å². The lowest BCUT2D eigenvalue weighted by atomic mass is 10.1. The number of rotatable bonds is 7. The van der Waals surface area contributed by atoms with Crippen molar-refractivity contribution in [2.75, 3.05) is 0 Å². The van der Waals surface area contributed by atoms with Crippen molar-refractivity contribution in [3.05, 3.63) is 52.9 Å². The molecule has 1 aromatic carbocycles. The summed E-state index contributed by atoms with van der Waals surface area (Å²) in [6, 6.07) is 9.20. The highest BCUT2D eigenvalue weighted by Crippen LogP contribution is 2.14. The highest BCUT2D eigenvalue weighted by Gasteiger charge is 2.11. The van der Waals surface area contributed by atoms with E-state index in [1.807, 2.05) is 39.0 Å². The molecule has 1 aromatic heterocycles. The fourth-order valence-corrected chi connectivity index (χ4v) is 2.07. The molecule has 122 valence electrons. The molecule has 23 heavy (non-hydrogen) atoms. The average molecular weight is 314 g/mol. The molecule has 0 bridgehead atoms. The lowest BCUT2D eigenvalue weighted by molar-refractivity contribution is -0.121. The number of benzene rings is 1. The maximum Gasteiger partial charge on any atom is 0.220 e. The summed E-state index contributed by atoms with van der Waals surface area (Å²) in [5, 5.41) is 6.68. The molecule has 2 aromatic rings. The number of aryl methyl sites for hydroxylation is 1. The van der Waals surface area contributed by atoms with Crippen LogP contribution in [0.15, 0.2) is 34.9 Å². The lowest BCUT2D eigenvalue weighted by Crippen LogP contribution is -2.23. The third kappa shape index (κ3) is 5.06. The molecule has 1 amide bonds. The Kier molecular flexibility index (Phi) is 5.68. The maximum atomic E-state index is 12.0. The van der Waals surface area contributed by atoms with Crippen molar-refractivity contribution in [3.63, 3.8) is 0 Å². The molecule has 0 saturated heterocycles. The van der Waals surface area contributed by atoms with Gasteiger partial charge in [0.15, 0.2) is 11.5 Å². The molecule has 1 N–H and O–H groups in total. The topological polar surface area (TPSA) is 72.2 Å². The standard InChI is InChI=1S/C18H22N2O3/c1-12(2)16-10-15(23-20-16)11-19-18(22)9-8-17(21)14-6-4-13(3)5-7-14/h4-7,10,12H,8-9,11H2,1-3H3,(H,19,22). The SMILES string of the molecule is Cc1ccc(C(=O)CCC(=O)NCc2cc(C(C)C)no2)cc1. The predicted octanol–water partition coefficient (Wildman–Crippen LogP) is 3.39. The minimum absolute atomic E-state index is 0.0260. The van der Waals surface area contributed by atoms with Gasteiger partial charge < -0.3 is 9.84 Å². The van der Waals surface area contributed by atoms with Gasteiger partial charge in [-0.15, -0.1) is 0 Å². The van der Waals surface area contributed by atoms with Gasteiger partial charge in [-0.3, -0.25) is 9.59 Å². The number of ketones is 1. The van der Waals surface area contributed by atoms with Crippen LogP contribution in [-0.2, 0) is 11.3 Å². The molecule has 0 saturated carbocycles. The lowest BCUT2D eigenvalue weighted by Gasteiger charge is -2.03. The first-order valence-corrected chi connectivity index (χ1v) is 7.77. The number of carbonyl (C=O) groups is 2. The summed E-state index contributed by atoms with van der Waals surface area (Å²) < 4.78 is 5.15. The Morgan fingerprint density at radius 3 is 2.48 bits per heavy atom. The van der Waals surface area contributed by atoms with Gasteiger partial charge in [-0.25, -0.2) is 0 Å².